The van der Waals surface area contributed by atoms with E-state index in [2.05, 4.69) is 30.2 Å². The average Bonchev–Trinajstić information content (AvgIpc) is 2.83. The van der Waals surface area contributed by atoms with Gasteiger partial charge in [0.1, 0.15) is 11.6 Å². The molecule has 0 spiro atoms. The Hall–Kier alpha value is -2.02. The fourth-order valence-corrected chi connectivity index (χ4v) is 1.84. The van der Waals surface area contributed by atoms with Crippen molar-refractivity contribution in [2.75, 3.05) is 0 Å². The molecule has 3 heterocycles. The molecule has 0 saturated carbocycles. The van der Waals surface area contributed by atoms with E-state index in [1.807, 2.05) is 13.8 Å². The highest BCUT2D eigenvalue weighted by Gasteiger charge is 2.13. The maximum atomic E-state index is 5.86. The Morgan fingerprint density at radius 3 is 2.76 bits per heavy atom. The largest absolute Gasteiger partial charge is 0.261 e. The van der Waals surface area contributed by atoms with Gasteiger partial charge in [0, 0.05) is 0 Å². The van der Waals surface area contributed by atoms with Crippen molar-refractivity contribution in [3.05, 3.63) is 23.1 Å². The molecule has 0 bridgehead atoms. The number of rotatable bonds is 1. The van der Waals surface area contributed by atoms with Crippen LogP contribution >= 0.6 is 11.6 Å². The number of hydrogen-bond donors (Lipinski definition) is 1. The number of aryl methyl sites for hydroxylation is 2. The minimum Gasteiger partial charge on any atom is -0.261 e. The van der Waals surface area contributed by atoms with Crippen molar-refractivity contribution < 1.29 is 0 Å². The molecule has 0 saturated heterocycles. The van der Waals surface area contributed by atoms with Gasteiger partial charge in [-0.1, -0.05) is 0 Å². The van der Waals surface area contributed by atoms with Crippen molar-refractivity contribution in [3.63, 3.8) is 0 Å². The number of fused-ring (bicyclic) bond motifs is 1. The van der Waals surface area contributed by atoms with Gasteiger partial charge in [0.05, 0.1) is 11.6 Å². The molecule has 7 nitrogen and oxygen atoms in total. The molecule has 8 heteroatoms. The predicted molar refractivity (Wildman–Crippen MR) is 61.1 cm³/mol. The molecular formula is C9H8ClN7. The van der Waals surface area contributed by atoms with Gasteiger partial charge >= 0.3 is 0 Å². The smallest absolute Gasteiger partial charge is 0.226 e. The van der Waals surface area contributed by atoms with Crippen LogP contribution in [0.5, 0.6) is 0 Å². The first-order valence-electron chi connectivity index (χ1n) is 4.92. The predicted octanol–water partition coefficient (Wildman–Crippen LogP) is 1.20. The lowest BCUT2D eigenvalue weighted by molar-refractivity contribution is 0.808. The Kier molecular flexibility index (Phi) is 2.08. The molecule has 3 aromatic heterocycles. The lowest BCUT2D eigenvalue weighted by Crippen LogP contribution is -2.04. The molecule has 0 aliphatic carbocycles. The maximum Gasteiger partial charge on any atom is 0.226 e. The summed E-state index contributed by atoms with van der Waals surface area (Å²) in [4.78, 5) is 12.4. The number of aromatic nitrogens is 7. The van der Waals surface area contributed by atoms with E-state index in [0.29, 0.717) is 17.3 Å². The van der Waals surface area contributed by atoms with Crippen LogP contribution in [0.3, 0.4) is 0 Å². The number of H-pyrrole nitrogens is 1. The molecule has 0 fully saturated rings. The summed E-state index contributed by atoms with van der Waals surface area (Å²) in [5, 5.41) is 11.8. The van der Waals surface area contributed by atoms with Crippen LogP contribution in [0.1, 0.15) is 11.6 Å². The van der Waals surface area contributed by atoms with E-state index in [1.165, 1.54) is 0 Å². The summed E-state index contributed by atoms with van der Waals surface area (Å²) in [5.74, 6) is 1.99. The zero-order valence-electron chi connectivity index (χ0n) is 9.14. The highest BCUT2D eigenvalue weighted by molar-refractivity contribution is 6.28. The third-order valence-corrected chi connectivity index (χ3v) is 2.51. The van der Waals surface area contributed by atoms with Crippen molar-refractivity contribution in [2.45, 2.75) is 13.8 Å². The molecule has 86 valence electrons. The molecule has 0 aliphatic rings. The SMILES string of the molecule is Cc1nc(C)n(-c2nc(Cl)nc3[nH]ncc23)n1. The molecule has 0 amide bonds. The van der Waals surface area contributed by atoms with Gasteiger partial charge in [-0.2, -0.15) is 19.7 Å². The molecule has 0 atom stereocenters. The first-order chi connectivity index (χ1) is 8.15. The maximum absolute atomic E-state index is 5.86. The number of halogens is 1. The minimum atomic E-state index is 0.143. The van der Waals surface area contributed by atoms with Crippen molar-refractivity contribution in [1.29, 1.82) is 0 Å². The van der Waals surface area contributed by atoms with Gasteiger partial charge in [0.15, 0.2) is 11.5 Å². The molecule has 3 aromatic rings. The highest BCUT2D eigenvalue weighted by atomic mass is 35.5. The normalized spacial score (nSPS) is 11.2. The fourth-order valence-electron chi connectivity index (χ4n) is 1.68. The fraction of sp³-hybridized carbons (Fsp3) is 0.222. The van der Waals surface area contributed by atoms with Crippen LogP contribution in [0, 0.1) is 13.8 Å². The van der Waals surface area contributed by atoms with E-state index >= 15 is 0 Å². The second-order valence-corrected chi connectivity index (χ2v) is 3.90. The van der Waals surface area contributed by atoms with Crippen LogP contribution < -0.4 is 0 Å². The summed E-state index contributed by atoms with van der Waals surface area (Å²) >= 11 is 5.86. The summed E-state index contributed by atoms with van der Waals surface area (Å²) in [6.07, 6.45) is 1.64. The van der Waals surface area contributed by atoms with E-state index in [9.17, 15) is 0 Å². The zero-order chi connectivity index (χ0) is 12.0. The third-order valence-electron chi connectivity index (χ3n) is 2.34. The Morgan fingerprint density at radius 2 is 2.06 bits per heavy atom. The summed E-state index contributed by atoms with van der Waals surface area (Å²) in [5.41, 5.74) is 0.576. The van der Waals surface area contributed by atoms with Crippen LogP contribution in [0.4, 0.5) is 0 Å². The van der Waals surface area contributed by atoms with E-state index in [-0.39, 0.29) is 5.28 Å². The van der Waals surface area contributed by atoms with Crippen molar-refractivity contribution in [2.24, 2.45) is 0 Å². The molecule has 0 unspecified atom stereocenters. The van der Waals surface area contributed by atoms with Crippen LogP contribution in [0.2, 0.25) is 5.28 Å². The quantitative estimate of drug-likeness (QED) is 0.655. The van der Waals surface area contributed by atoms with E-state index < -0.39 is 0 Å². The second-order valence-electron chi connectivity index (χ2n) is 3.57. The van der Waals surface area contributed by atoms with Gasteiger partial charge in [-0.3, -0.25) is 5.10 Å². The topological polar surface area (TPSA) is 85.2 Å². The number of nitrogens with zero attached hydrogens (tertiary/aromatic N) is 6. The van der Waals surface area contributed by atoms with Gasteiger partial charge in [0.2, 0.25) is 5.28 Å². The summed E-state index contributed by atoms with van der Waals surface area (Å²) < 4.78 is 1.63. The standard InChI is InChI=1S/C9H8ClN7/c1-4-12-5(2)17(16-4)8-6-3-11-15-7(6)13-9(10)14-8/h3H,1-2H3,(H,11,13,14,15). The van der Waals surface area contributed by atoms with Gasteiger partial charge in [-0.15, -0.1) is 5.10 Å². The first kappa shape index (κ1) is 10.2. The first-order valence-corrected chi connectivity index (χ1v) is 5.30. The molecule has 0 aromatic carbocycles. The van der Waals surface area contributed by atoms with Crippen LogP contribution in [0.15, 0.2) is 6.20 Å². The van der Waals surface area contributed by atoms with Crippen molar-refractivity contribution in [1.82, 2.24) is 34.9 Å². The molecule has 0 radical (unpaired) electrons. The second kappa shape index (κ2) is 3.49. The van der Waals surface area contributed by atoms with Gasteiger partial charge in [-0.25, -0.2) is 4.98 Å². The monoisotopic (exact) mass is 249 g/mol. The minimum absolute atomic E-state index is 0.143. The van der Waals surface area contributed by atoms with E-state index in [4.69, 9.17) is 11.6 Å². The lowest BCUT2D eigenvalue weighted by Gasteiger charge is -2.03. The van der Waals surface area contributed by atoms with Crippen molar-refractivity contribution >= 4 is 22.6 Å². The van der Waals surface area contributed by atoms with Gasteiger partial charge in [-0.05, 0) is 25.4 Å². The number of nitrogens with one attached hydrogen (secondary N) is 1. The molecule has 17 heavy (non-hydrogen) atoms. The van der Waals surface area contributed by atoms with E-state index in [0.717, 1.165) is 11.2 Å². The Morgan fingerprint density at radius 1 is 1.24 bits per heavy atom. The summed E-state index contributed by atoms with van der Waals surface area (Å²) in [7, 11) is 0. The molecule has 1 N–H and O–H groups in total. The Bertz CT molecular complexity index is 699. The summed E-state index contributed by atoms with van der Waals surface area (Å²) in [6, 6.07) is 0. The molecule has 3 rings (SSSR count). The van der Waals surface area contributed by atoms with Crippen molar-refractivity contribution in [3.8, 4) is 5.82 Å². The van der Waals surface area contributed by atoms with Crippen LogP contribution in [-0.2, 0) is 0 Å². The molecule has 0 aliphatic heterocycles. The number of hydrogen-bond acceptors (Lipinski definition) is 5. The van der Waals surface area contributed by atoms with Gasteiger partial charge < -0.3 is 0 Å². The zero-order valence-corrected chi connectivity index (χ0v) is 9.89. The Labute approximate surface area is 101 Å². The van der Waals surface area contributed by atoms with Crippen LogP contribution in [0.25, 0.3) is 16.9 Å². The lowest BCUT2D eigenvalue weighted by atomic mass is 10.4. The van der Waals surface area contributed by atoms with Gasteiger partial charge in [0.25, 0.3) is 0 Å². The third kappa shape index (κ3) is 1.55. The van der Waals surface area contributed by atoms with Crippen LogP contribution in [-0.4, -0.2) is 34.9 Å². The average molecular weight is 250 g/mol. The number of aromatic amines is 1. The summed E-state index contributed by atoms with van der Waals surface area (Å²) in [6.45, 7) is 3.67. The Balaban J connectivity index is 2.36. The highest BCUT2D eigenvalue weighted by Crippen LogP contribution is 2.19. The molecular weight excluding hydrogens is 242 g/mol. The van der Waals surface area contributed by atoms with E-state index in [1.54, 1.807) is 10.9 Å².